The lowest BCUT2D eigenvalue weighted by molar-refractivity contribution is -0.778. The summed E-state index contributed by atoms with van der Waals surface area (Å²) >= 11 is 0. The van der Waals surface area contributed by atoms with Crippen molar-refractivity contribution in [3.8, 4) is 0 Å². The Kier molecular flexibility index (Phi) is 4.47. The van der Waals surface area contributed by atoms with Crippen LogP contribution in [0.4, 0.5) is 0 Å². The molecule has 0 spiro atoms. The summed E-state index contributed by atoms with van der Waals surface area (Å²) in [6, 6.07) is 0.544. The Hall–Kier alpha value is -2.37. The van der Waals surface area contributed by atoms with Gasteiger partial charge in [0.2, 0.25) is 5.69 Å². The Morgan fingerprint density at radius 2 is 1.89 bits per heavy atom. The molecule has 1 fully saturated rings. The van der Waals surface area contributed by atoms with E-state index in [2.05, 4.69) is 84.9 Å². The largest absolute Gasteiger partial charge is 0.276 e. The first-order valence-corrected chi connectivity index (χ1v) is 10.3. The summed E-state index contributed by atoms with van der Waals surface area (Å²) in [5, 5.41) is 4.35. The van der Waals surface area contributed by atoms with Crippen molar-refractivity contribution in [1.29, 1.82) is 0 Å². The highest BCUT2D eigenvalue weighted by molar-refractivity contribution is 5.22. The predicted octanol–water partition coefficient (Wildman–Crippen LogP) is 2.44. The van der Waals surface area contributed by atoms with Crippen LogP contribution in [-0.4, -0.2) is 19.1 Å². The molecule has 1 aliphatic rings. The van der Waals surface area contributed by atoms with E-state index in [0.717, 1.165) is 6.54 Å². The van der Waals surface area contributed by atoms with Gasteiger partial charge in [0.25, 0.3) is 0 Å². The maximum Gasteiger partial charge on any atom is 0.207 e. The first-order chi connectivity index (χ1) is 13.2. The number of aryl methyl sites for hydroxylation is 1. The molecule has 6 heteroatoms. The summed E-state index contributed by atoms with van der Waals surface area (Å²) in [6.07, 6.45) is 7.76. The monoisotopic (exact) mass is 382 g/mol. The van der Waals surface area contributed by atoms with E-state index in [1.54, 1.807) is 0 Å². The minimum Gasteiger partial charge on any atom is -0.276 e. The molecule has 28 heavy (non-hydrogen) atoms. The highest BCUT2D eigenvalue weighted by Crippen LogP contribution is 2.48. The molecule has 0 radical (unpaired) electrons. The fraction of sp³-hybridized carbons (Fsp3) is 0.591. The topological polar surface area (TPSA) is 35.4 Å². The highest BCUT2D eigenvalue weighted by atomic mass is 15.4. The van der Waals surface area contributed by atoms with Crippen molar-refractivity contribution in [2.45, 2.75) is 65.5 Å². The third-order valence-electron chi connectivity index (χ3n) is 7.07. The van der Waals surface area contributed by atoms with Crippen LogP contribution in [0.2, 0.25) is 0 Å². The Balaban J connectivity index is 1.58. The van der Waals surface area contributed by atoms with Crippen LogP contribution in [0, 0.1) is 27.7 Å². The molecule has 150 valence electrons. The molecule has 4 rings (SSSR count). The van der Waals surface area contributed by atoms with Crippen molar-refractivity contribution in [1.82, 2.24) is 19.1 Å². The van der Waals surface area contributed by atoms with Gasteiger partial charge in [-0.25, -0.2) is 0 Å². The zero-order chi connectivity index (χ0) is 20.3. The second-order valence-electron chi connectivity index (χ2n) is 8.73. The molecule has 3 unspecified atom stereocenters. The van der Waals surface area contributed by atoms with Crippen molar-refractivity contribution in [3.63, 3.8) is 0 Å². The van der Waals surface area contributed by atoms with Crippen molar-refractivity contribution < 1.29 is 9.36 Å². The third kappa shape index (κ3) is 2.90. The SMILES string of the molecule is Cc1c(C)n(CC(C)c2c[n+](C3CC3c3cnn(C)c3)n(C)c2C)[n+](C)c1C. The summed E-state index contributed by atoms with van der Waals surface area (Å²) < 4.78 is 11.4. The average Bonchev–Trinajstić information content (AvgIpc) is 3.19. The smallest absolute Gasteiger partial charge is 0.207 e. The van der Waals surface area contributed by atoms with Gasteiger partial charge in [-0.3, -0.25) is 4.68 Å². The maximum atomic E-state index is 4.35. The molecule has 1 saturated carbocycles. The Bertz CT molecular complexity index is 1010. The molecule has 0 bridgehead atoms. The van der Waals surface area contributed by atoms with Crippen LogP contribution in [0.3, 0.4) is 0 Å². The van der Waals surface area contributed by atoms with Gasteiger partial charge in [0, 0.05) is 49.2 Å². The number of hydrogen-bond acceptors (Lipinski definition) is 1. The molecule has 3 heterocycles. The molecule has 3 aromatic heterocycles. The third-order valence-corrected chi connectivity index (χ3v) is 7.07. The van der Waals surface area contributed by atoms with Gasteiger partial charge >= 0.3 is 0 Å². The zero-order valence-electron chi connectivity index (χ0n) is 18.6. The van der Waals surface area contributed by atoms with Crippen molar-refractivity contribution in [3.05, 3.63) is 52.4 Å². The molecule has 0 N–H and O–H groups in total. The van der Waals surface area contributed by atoms with E-state index >= 15 is 0 Å². The van der Waals surface area contributed by atoms with Crippen LogP contribution in [-0.2, 0) is 27.7 Å². The van der Waals surface area contributed by atoms with E-state index in [1.165, 1.54) is 40.2 Å². The van der Waals surface area contributed by atoms with Crippen LogP contribution < -0.4 is 9.36 Å². The van der Waals surface area contributed by atoms with Crippen molar-refractivity contribution in [2.75, 3.05) is 0 Å². The van der Waals surface area contributed by atoms with Gasteiger partial charge in [-0.15, -0.1) is 9.36 Å². The van der Waals surface area contributed by atoms with E-state index < -0.39 is 0 Å². The fourth-order valence-corrected chi connectivity index (χ4v) is 4.67. The van der Waals surface area contributed by atoms with Gasteiger partial charge in [0.05, 0.1) is 37.1 Å². The lowest BCUT2D eigenvalue weighted by Gasteiger charge is -2.10. The highest BCUT2D eigenvalue weighted by Gasteiger charge is 2.50. The van der Waals surface area contributed by atoms with Gasteiger partial charge < -0.3 is 0 Å². The van der Waals surface area contributed by atoms with E-state index in [4.69, 9.17) is 0 Å². The molecule has 0 saturated heterocycles. The second kappa shape index (κ2) is 6.61. The normalized spacial score (nSPS) is 20.0. The van der Waals surface area contributed by atoms with E-state index in [1.807, 2.05) is 17.9 Å². The molecule has 6 nitrogen and oxygen atoms in total. The van der Waals surface area contributed by atoms with Crippen LogP contribution in [0.25, 0.3) is 0 Å². The molecule has 0 aliphatic heterocycles. The van der Waals surface area contributed by atoms with Crippen LogP contribution >= 0.6 is 0 Å². The van der Waals surface area contributed by atoms with Gasteiger partial charge in [0.1, 0.15) is 0 Å². The van der Waals surface area contributed by atoms with E-state index in [-0.39, 0.29) is 0 Å². The number of nitrogens with zero attached hydrogens (tertiary/aromatic N) is 6. The second-order valence-corrected chi connectivity index (χ2v) is 8.73. The molecule has 3 atom stereocenters. The average molecular weight is 383 g/mol. The first kappa shape index (κ1) is 19.0. The summed E-state index contributed by atoms with van der Waals surface area (Å²) in [4.78, 5) is 0. The van der Waals surface area contributed by atoms with Crippen molar-refractivity contribution >= 4 is 0 Å². The molecule has 3 aromatic rings. The summed E-state index contributed by atoms with van der Waals surface area (Å²) in [5.74, 6) is 1.05. The Morgan fingerprint density at radius 1 is 1.18 bits per heavy atom. The predicted molar refractivity (Wildman–Crippen MR) is 108 cm³/mol. The van der Waals surface area contributed by atoms with Gasteiger partial charge in [-0.05, 0) is 20.8 Å². The first-order valence-electron chi connectivity index (χ1n) is 10.3. The van der Waals surface area contributed by atoms with Crippen LogP contribution in [0.5, 0.6) is 0 Å². The minimum absolute atomic E-state index is 0.458. The summed E-state index contributed by atoms with van der Waals surface area (Å²) in [6.45, 7) is 12.3. The van der Waals surface area contributed by atoms with Gasteiger partial charge in [0.15, 0.2) is 19.3 Å². The summed E-state index contributed by atoms with van der Waals surface area (Å²) in [7, 11) is 6.36. The van der Waals surface area contributed by atoms with Crippen LogP contribution in [0.15, 0.2) is 18.6 Å². The summed E-state index contributed by atoms with van der Waals surface area (Å²) in [5.41, 5.74) is 8.28. The number of aromatic nitrogens is 6. The zero-order valence-corrected chi connectivity index (χ0v) is 18.6. The fourth-order valence-electron chi connectivity index (χ4n) is 4.67. The quantitative estimate of drug-likeness (QED) is 0.624. The molecule has 0 aromatic carbocycles. The maximum absolute atomic E-state index is 4.35. The number of rotatable bonds is 5. The molecule has 1 aliphatic carbocycles. The molecular weight excluding hydrogens is 348 g/mol. The Morgan fingerprint density at radius 3 is 2.46 bits per heavy atom. The van der Waals surface area contributed by atoms with Gasteiger partial charge in [-0.1, -0.05) is 6.92 Å². The molecule has 0 amide bonds. The van der Waals surface area contributed by atoms with Crippen molar-refractivity contribution in [2.24, 2.45) is 21.1 Å². The lowest BCUT2D eigenvalue weighted by Crippen LogP contribution is -2.42. The van der Waals surface area contributed by atoms with E-state index in [9.17, 15) is 0 Å². The standard InChI is InChI=1S/C22H34N6/c1-14(11-27-17(4)15(2)16(3)25(27)7)21-13-28(26(8)18(21)5)22-9-20(22)19-10-23-24(6)12-19/h10,12-14,20,22H,9,11H2,1-8H3/q+2. The Labute approximate surface area is 168 Å². The lowest BCUT2D eigenvalue weighted by atomic mass is 10.0. The minimum atomic E-state index is 0.458. The van der Waals surface area contributed by atoms with Gasteiger partial charge in [-0.2, -0.15) is 14.5 Å². The van der Waals surface area contributed by atoms with Crippen LogP contribution in [0.1, 0.15) is 65.0 Å². The number of hydrogen-bond donors (Lipinski definition) is 0. The van der Waals surface area contributed by atoms with E-state index in [0.29, 0.717) is 17.9 Å². The molecular formula is C22H34N6+2.